The van der Waals surface area contributed by atoms with Crippen molar-refractivity contribution in [2.24, 2.45) is 0 Å². The number of amides is 2. The molecule has 2 amide bonds. The van der Waals surface area contributed by atoms with Crippen LogP contribution in [0, 0.1) is 0 Å². The number of urea groups is 1. The summed E-state index contributed by atoms with van der Waals surface area (Å²) in [5.41, 5.74) is 0. The van der Waals surface area contributed by atoms with E-state index < -0.39 is 0 Å². The summed E-state index contributed by atoms with van der Waals surface area (Å²) in [4.78, 5) is 14.7. The predicted octanol–water partition coefficient (Wildman–Crippen LogP) is 0.762. The normalized spacial score (nSPS) is 27.5. The van der Waals surface area contributed by atoms with Crippen LogP contribution in [0.2, 0.25) is 0 Å². The van der Waals surface area contributed by atoms with Crippen molar-refractivity contribution >= 4 is 6.03 Å². The van der Waals surface area contributed by atoms with Gasteiger partial charge in [-0.1, -0.05) is 0 Å². The van der Waals surface area contributed by atoms with Crippen LogP contribution in [0.25, 0.3) is 0 Å². The van der Waals surface area contributed by atoms with E-state index >= 15 is 0 Å². The maximum atomic E-state index is 11.2. The lowest BCUT2D eigenvalue weighted by Crippen LogP contribution is -2.49. The van der Waals surface area contributed by atoms with Crippen LogP contribution >= 0.6 is 0 Å². The van der Waals surface area contributed by atoms with Gasteiger partial charge in [-0.2, -0.15) is 0 Å². The maximum absolute atomic E-state index is 11.2. The van der Waals surface area contributed by atoms with Gasteiger partial charge in [0.25, 0.3) is 0 Å². The van der Waals surface area contributed by atoms with E-state index in [1.54, 1.807) is 9.80 Å². The third kappa shape index (κ3) is 1.08. The molecule has 58 valence electrons. The van der Waals surface area contributed by atoms with Crippen molar-refractivity contribution in [2.45, 2.75) is 19.4 Å². The van der Waals surface area contributed by atoms with E-state index in [0.29, 0.717) is 6.04 Å². The highest BCUT2D eigenvalue weighted by atomic mass is 16.2. The van der Waals surface area contributed by atoms with Crippen LogP contribution in [0.4, 0.5) is 4.79 Å². The Bertz CT molecular complexity index is 147. The van der Waals surface area contributed by atoms with Gasteiger partial charge in [0, 0.05) is 26.7 Å². The molecule has 1 unspecified atom stereocenters. The van der Waals surface area contributed by atoms with Crippen LogP contribution in [0.1, 0.15) is 13.3 Å². The van der Waals surface area contributed by atoms with Crippen molar-refractivity contribution in [3.63, 3.8) is 0 Å². The molecule has 1 fully saturated rings. The second kappa shape index (κ2) is 2.48. The second-order valence-corrected chi connectivity index (χ2v) is 2.95. The molecule has 0 aromatic heterocycles. The summed E-state index contributed by atoms with van der Waals surface area (Å²) in [5, 5.41) is 0. The monoisotopic (exact) mass is 142 g/mol. The molecule has 1 aliphatic heterocycles. The lowest BCUT2D eigenvalue weighted by molar-refractivity contribution is 0.130. The minimum Gasteiger partial charge on any atom is -0.328 e. The van der Waals surface area contributed by atoms with Crippen molar-refractivity contribution in [2.75, 3.05) is 20.6 Å². The van der Waals surface area contributed by atoms with E-state index in [-0.39, 0.29) is 6.03 Å². The molecule has 0 aliphatic carbocycles. The summed E-state index contributed by atoms with van der Waals surface area (Å²) in [6.07, 6.45) is 1.08. The standard InChI is InChI=1S/C7H14N2O/c1-6-4-5-8(2)7(10)9(6)3/h6H,4-5H2,1-3H3. The summed E-state index contributed by atoms with van der Waals surface area (Å²) in [6.45, 7) is 2.97. The number of nitrogens with zero attached hydrogens (tertiary/aromatic N) is 2. The molecule has 0 bridgehead atoms. The third-order valence-electron chi connectivity index (χ3n) is 2.17. The number of rotatable bonds is 0. The molecular formula is C7H14N2O. The smallest absolute Gasteiger partial charge is 0.319 e. The van der Waals surface area contributed by atoms with Crippen molar-refractivity contribution < 1.29 is 4.79 Å². The van der Waals surface area contributed by atoms with Gasteiger partial charge >= 0.3 is 6.03 Å². The molecule has 0 radical (unpaired) electrons. The quantitative estimate of drug-likeness (QED) is 0.490. The molecule has 1 saturated heterocycles. The van der Waals surface area contributed by atoms with E-state index in [4.69, 9.17) is 0 Å². The minimum atomic E-state index is 0.138. The van der Waals surface area contributed by atoms with Crippen molar-refractivity contribution in [3.05, 3.63) is 0 Å². The summed E-state index contributed by atoms with van der Waals surface area (Å²) in [6, 6.07) is 0.544. The highest BCUT2D eigenvalue weighted by molar-refractivity contribution is 5.74. The maximum Gasteiger partial charge on any atom is 0.319 e. The molecule has 3 heteroatoms. The Kier molecular flexibility index (Phi) is 1.83. The molecule has 0 saturated carbocycles. The minimum absolute atomic E-state index is 0.138. The first-order chi connectivity index (χ1) is 4.63. The number of carbonyl (C=O) groups excluding carboxylic acids is 1. The van der Waals surface area contributed by atoms with Gasteiger partial charge in [-0.15, -0.1) is 0 Å². The first-order valence-corrected chi connectivity index (χ1v) is 3.61. The van der Waals surface area contributed by atoms with Crippen molar-refractivity contribution in [1.82, 2.24) is 9.80 Å². The van der Waals surface area contributed by atoms with Crippen LogP contribution in [0.3, 0.4) is 0 Å². The molecule has 10 heavy (non-hydrogen) atoms. The number of hydrogen-bond donors (Lipinski definition) is 0. The highest BCUT2D eigenvalue weighted by Gasteiger charge is 2.24. The zero-order chi connectivity index (χ0) is 7.72. The third-order valence-corrected chi connectivity index (χ3v) is 2.17. The van der Waals surface area contributed by atoms with Gasteiger partial charge in [-0.05, 0) is 13.3 Å². The lowest BCUT2D eigenvalue weighted by Gasteiger charge is -2.35. The van der Waals surface area contributed by atoms with Gasteiger partial charge in [-0.3, -0.25) is 0 Å². The summed E-state index contributed by atoms with van der Waals surface area (Å²) in [5.74, 6) is 0. The Morgan fingerprint density at radius 3 is 2.60 bits per heavy atom. The molecular weight excluding hydrogens is 128 g/mol. The van der Waals surface area contributed by atoms with Crippen LogP contribution in [-0.4, -0.2) is 42.5 Å². The zero-order valence-corrected chi connectivity index (χ0v) is 6.79. The molecule has 0 aromatic carbocycles. The van der Waals surface area contributed by atoms with Gasteiger partial charge in [0.15, 0.2) is 0 Å². The molecule has 0 spiro atoms. The van der Waals surface area contributed by atoms with E-state index in [0.717, 1.165) is 13.0 Å². The first kappa shape index (κ1) is 7.38. The van der Waals surface area contributed by atoms with Gasteiger partial charge < -0.3 is 9.80 Å². The Hall–Kier alpha value is -0.730. The molecule has 1 heterocycles. The summed E-state index contributed by atoms with van der Waals surface area (Å²) in [7, 11) is 3.69. The van der Waals surface area contributed by atoms with Crippen molar-refractivity contribution in [1.29, 1.82) is 0 Å². The van der Waals surface area contributed by atoms with E-state index in [9.17, 15) is 4.79 Å². The summed E-state index contributed by atoms with van der Waals surface area (Å²) >= 11 is 0. The fourth-order valence-electron chi connectivity index (χ4n) is 1.13. The molecule has 3 nitrogen and oxygen atoms in total. The number of hydrogen-bond acceptors (Lipinski definition) is 1. The van der Waals surface area contributed by atoms with Gasteiger partial charge in [-0.25, -0.2) is 4.79 Å². The average Bonchev–Trinajstić information content (AvgIpc) is 1.93. The van der Waals surface area contributed by atoms with Gasteiger partial charge in [0.1, 0.15) is 0 Å². The van der Waals surface area contributed by atoms with E-state index in [1.807, 2.05) is 14.1 Å². The SMILES string of the molecule is CC1CCN(C)C(=O)N1C. The highest BCUT2D eigenvalue weighted by Crippen LogP contribution is 2.11. The van der Waals surface area contributed by atoms with Gasteiger partial charge in [0.05, 0.1) is 0 Å². The van der Waals surface area contributed by atoms with Crippen LogP contribution in [-0.2, 0) is 0 Å². The van der Waals surface area contributed by atoms with Crippen LogP contribution in [0.15, 0.2) is 0 Å². The van der Waals surface area contributed by atoms with Crippen LogP contribution < -0.4 is 0 Å². The van der Waals surface area contributed by atoms with Crippen molar-refractivity contribution in [3.8, 4) is 0 Å². The van der Waals surface area contributed by atoms with E-state index in [1.165, 1.54) is 0 Å². The molecule has 0 aromatic rings. The van der Waals surface area contributed by atoms with E-state index in [2.05, 4.69) is 6.92 Å². The lowest BCUT2D eigenvalue weighted by atomic mass is 10.2. The fourth-order valence-corrected chi connectivity index (χ4v) is 1.13. The predicted molar refractivity (Wildman–Crippen MR) is 39.9 cm³/mol. The molecule has 1 atom stereocenters. The molecule has 1 aliphatic rings. The fraction of sp³-hybridized carbons (Fsp3) is 0.857. The second-order valence-electron chi connectivity index (χ2n) is 2.95. The topological polar surface area (TPSA) is 23.6 Å². The Labute approximate surface area is 61.6 Å². The zero-order valence-electron chi connectivity index (χ0n) is 6.79. The first-order valence-electron chi connectivity index (χ1n) is 3.61. The molecule has 1 rings (SSSR count). The average molecular weight is 142 g/mol. The molecule has 0 N–H and O–H groups in total. The Morgan fingerprint density at radius 2 is 2.10 bits per heavy atom. The van der Waals surface area contributed by atoms with Gasteiger partial charge in [0.2, 0.25) is 0 Å². The summed E-state index contributed by atoms with van der Waals surface area (Å²) < 4.78 is 0. The Morgan fingerprint density at radius 1 is 1.50 bits per heavy atom. The largest absolute Gasteiger partial charge is 0.328 e. The van der Waals surface area contributed by atoms with Crippen LogP contribution in [0.5, 0.6) is 0 Å². The number of carbonyl (C=O) groups is 1. The Balaban J connectivity index is 2.60.